The van der Waals surface area contributed by atoms with Crippen LogP contribution in [-0.2, 0) is 58.2 Å². The lowest BCUT2D eigenvalue weighted by Gasteiger charge is -2.15. The Balaban J connectivity index is 0.000000215. The number of carboxylic acid groups (broad SMARTS) is 1. The van der Waals surface area contributed by atoms with Gasteiger partial charge in [0, 0.05) is 57.0 Å². The summed E-state index contributed by atoms with van der Waals surface area (Å²) in [4.78, 5) is 58.8. The van der Waals surface area contributed by atoms with Crippen LogP contribution in [0.3, 0.4) is 0 Å². The lowest BCUT2D eigenvalue weighted by atomic mass is 10.1. The molecule has 0 fully saturated rings. The average molecular weight is 1450 g/mol. The molecule has 8 N–H and O–H groups in total. The maximum atomic E-state index is 13.2. The third-order valence-electron chi connectivity index (χ3n) is 13.2. The van der Waals surface area contributed by atoms with Gasteiger partial charge in [0.1, 0.15) is 17.1 Å². The number of aryl methyl sites for hydroxylation is 3. The first-order valence-corrected chi connectivity index (χ1v) is 30.4. The second-order valence-electron chi connectivity index (χ2n) is 19.6. The third-order valence-corrected chi connectivity index (χ3v) is 16.1. The molecule has 0 aliphatic heterocycles. The number of carboxylic acids is 1. The van der Waals surface area contributed by atoms with Crippen LogP contribution in [0.5, 0.6) is 0 Å². The molecule has 0 bridgehead atoms. The third kappa shape index (κ3) is 18.3. The van der Waals surface area contributed by atoms with Gasteiger partial charge in [-0.25, -0.2) is 34.7 Å². The highest BCUT2D eigenvalue weighted by atomic mass is 32.2. The highest BCUT2D eigenvalue weighted by Gasteiger charge is 2.41. The molecule has 0 aliphatic rings. The number of benzene rings is 3. The maximum Gasteiger partial charge on any atom is 0.449 e. The Morgan fingerprint density at radius 1 is 0.423 bits per heavy atom. The maximum absolute atomic E-state index is 13.2. The molecule has 0 aliphatic carbocycles. The van der Waals surface area contributed by atoms with Crippen molar-refractivity contribution in [1.29, 1.82) is 0 Å². The number of fused-ring (bicyclic) bond motifs is 3. The van der Waals surface area contributed by atoms with Crippen LogP contribution in [0.15, 0.2) is 87.9 Å². The van der Waals surface area contributed by atoms with Gasteiger partial charge in [0.05, 0.1) is 103 Å². The van der Waals surface area contributed by atoms with E-state index in [1.54, 1.807) is 20.9 Å². The molecule has 40 heteroatoms. The van der Waals surface area contributed by atoms with Crippen molar-refractivity contribution in [2.24, 2.45) is 21.1 Å². The number of hydrogen-bond donors (Lipinski definition) is 7. The largest absolute Gasteiger partial charge is 0.478 e. The zero-order valence-electron chi connectivity index (χ0n) is 51.4. The first-order valence-electron chi connectivity index (χ1n) is 27.4. The SMILES string of the molecule is CCSc1cc2c(cc1C(=O)Nc1cc(C(F)(F)F)ncc1NC)nc(C(F)(F)F)n2C.CCSc1cc2c(cc1C(=O)Nc1cc(C(F)(F)F)ncc1NC)nc(C(F)(F)F)n2C.CCSc1cc2c(cc1C(=O)O)nc(C(F)(F)F)n2C.CNc1cnc(C(F)(F)F)cc1N. The van der Waals surface area contributed by atoms with E-state index < -0.39 is 89.4 Å². The van der Waals surface area contributed by atoms with E-state index in [2.05, 4.69) is 56.5 Å². The number of carbonyl (C=O) groups is 3. The van der Waals surface area contributed by atoms with Crippen molar-refractivity contribution in [3.8, 4) is 0 Å². The van der Waals surface area contributed by atoms with E-state index in [4.69, 9.17) is 10.8 Å². The molecule has 9 rings (SSSR count). The van der Waals surface area contributed by atoms with Crippen LogP contribution in [0.2, 0.25) is 0 Å². The van der Waals surface area contributed by atoms with Crippen LogP contribution in [-0.4, -0.2) is 105 Å². The molecule has 0 unspecified atom stereocenters. The van der Waals surface area contributed by atoms with Gasteiger partial charge in [-0.15, -0.1) is 35.3 Å². The van der Waals surface area contributed by atoms with Crippen LogP contribution < -0.4 is 32.3 Å². The minimum Gasteiger partial charge on any atom is -0.478 e. The fourth-order valence-electron chi connectivity index (χ4n) is 8.80. The molecule has 19 nitrogen and oxygen atoms in total. The standard InChI is InChI=1S/2C19H17F6N5OS.C12H11F3N2O2S.C7H8F3N3/c2*1-4-32-14-7-13-11(29-17(30(13)3)19(23,24)25)5-9(14)16(31)28-10-6-15(18(20,21)22)27-8-12(10)26-2;1-3-20-9-5-8-7(4-6(9)10(18)19)16-11(17(8)2)12(13,14)15;1-12-5-3-13-6(2-4(5)11)7(8,9)10/h2*5-8,26H,4H2,1-3H3,(H,27,28,31);4-5H,3H2,1-2H3,(H,18,19);2-3,12H,1H3,(H2,11,13). The van der Waals surface area contributed by atoms with Gasteiger partial charge in [-0.05, 0) is 71.9 Å². The monoisotopic (exact) mass is 1450 g/mol. The number of alkyl halides is 18. The molecule has 524 valence electrons. The number of nitrogens with zero attached hydrogens (tertiary/aromatic N) is 9. The molecule has 97 heavy (non-hydrogen) atoms. The Morgan fingerprint density at radius 3 is 0.959 bits per heavy atom. The van der Waals surface area contributed by atoms with Gasteiger partial charge in [-0.3, -0.25) is 9.59 Å². The fraction of sp³-hybridized carbons (Fsp3) is 0.316. The van der Waals surface area contributed by atoms with Crippen molar-refractivity contribution in [1.82, 2.24) is 43.6 Å². The summed E-state index contributed by atoms with van der Waals surface area (Å²) in [6.45, 7) is 5.42. The van der Waals surface area contributed by atoms with E-state index in [0.29, 0.717) is 49.8 Å². The van der Waals surface area contributed by atoms with Crippen LogP contribution in [0.1, 0.15) is 86.4 Å². The fourth-order valence-corrected chi connectivity index (χ4v) is 11.2. The average Bonchev–Trinajstić information content (AvgIpc) is 1.65. The molecule has 9 aromatic rings. The number of aromatic nitrogens is 9. The second-order valence-corrected chi connectivity index (χ2v) is 23.5. The summed E-state index contributed by atoms with van der Waals surface area (Å²) in [5.41, 5.74) is 2.71. The summed E-state index contributed by atoms with van der Waals surface area (Å²) in [5, 5.41) is 21.8. The number of nitrogen functional groups attached to an aromatic ring is 1. The van der Waals surface area contributed by atoms with Crippen molar-refractivity contribution < 1.29 is 98.5 Å². The number of carbonyl (C=O) groups excluding carboxylic acids is 2. The first-order chi connectivity index (χ1) is 44.9. The van der Waals surface area contributed by atoms with E-state index in [-0.39, 0.29) is 78.2 Å². The Labute approximate surface area is 549 Å². The van der Waals surface area contributed by atoms with Gasteiger partial charge in [0.2, 0.25) is 17.5 Å². The first kappa shape index (κ1) is 76.9. The summed E-state index contributed by atoms with van der Waals surface area (Å²) in [5.74, 6) is -4.43. The normalized spacial score (nSPS) is 12.1. The van der Waals surface area contributed by atoms with Gasteiger partial charge < -0.3 is 51.1 Å². The van der Waals surface area contributed by atoms with Crippen molar-refractivity contribution in [2.45, 2.75) is 72.5 Å². The molecule has 3 aromatic carbocycles. The van der Waals surface area contributed by atoms with E-state index in [0.717, 1.165) is 38.4 Å². The number of hydrogen-bond acceptors (Lipinski definition) is 16. The van der Waals surface area contributed by atoms with Gasteiger partial charge in [-0.1, -0.05) is 20.8 Å². The van der Waals surface area contributed by atoms with Gasteiger partial charge in [-0.2, -0.15) is 79.0 Å². The van der Waals surface area contributed by atoms with Crippen LogP contribution >= 0.6 is 35.3 Å². The lowest BCUT2D eigenvalue weighted by molar-refractivity contribution is -0.147. The number of amides is 2. The molecule has 0 saturated carbocycles. The van der Waals surface area contributed by atoms with E-state index in [9.17, 15) is 93.4 Å². The number of aromatic carboxylic acids is 1. The molecular formula is C57H53F18N15O4S3. The number of halogens is 18. The molecule has 6 heterocycles. The number of rotatable bonds is 14. The smallest absolute Gasteiger partial charge is 0.449 e. The van der Waals surface area contributed by atoms with Gasteiger partial charge in [0.25, 0.3) is 11.8 Å². The highest BCUT2D eigenvalue weighted by Crippen LogP contribution is 2.40. The molecule has 0 radical (unpaired) electrons. The van der Waals surface area contributed by atoms with Crippen molar-refractivity contribution >= 4 is 120 Å². The summed E-state index contributed by atoms with van der Waals surface area (Å²) >= 11 is 3.68. The minimum atomic E-state index is -4.73. The van der Waals surface area contributed by atoms with Gasteiger partial charge in [0.15, 0.2) is 0 Å². The highest BCUT2D eigenvalue weighted by molar-refractivity contribution is 7.99. The Morgan fingerprint density at radius 2 is 0.701 bits per heavy atom. The lowest BCUT2D eigenvalue weighted by Crippen LogP contribution is -2.16. The van der Waals surface area contributed by atoms with E-state index >= 15 is 0 Å². The Kier molecular flexibility index (Phi) is 23.9. The number of anilines is 6. The Bertz CT molecular complexity index is 4190. The summed E-state index contributed by atoms with van der Waals surface area (Å²) in [7, 11) is 8.13. The quantitative estimate of drug-likeness (QED) is 0.0395. The molecule has 6 aromatic heterocycles. The summed E-state index contributed by atoms with van der Waals surface area (Å²) in [6.07, 6.45) is -24.9. The summed E-state index contributed by atoms with van der Waals surface area (Å²) in [6, 6.07) is 9.99. The van der Waals surface area contributed by atoms with Crippen LogP contribution in [0.4, 0.5) is 113 Å². The predicted molar refractivity (Wildman–Crippen MR) is 330 cm³/mol. The van der Waals surface area contributed by atoms with E-state index in [1.165, 1.54) is 107 Å². The number of imidazole rings is 3. The molecule has 0 spiro atoms. The minimum absolute atomic E-state index is 0.0106. The van der Waals surface area contributed by atoms with Crippen LogP contribution in [0, 0.1) is 0 Å². The number of pyridine rings is 3. The predicted octanol–water partition coefficient (Wildman–Crippen LogP) is 16.0. The van der Waals surface area contributed by atoms with Crippen molar-refractivity contribution in [3.05, 3.63) is 124 Å². The number of nitrogens with two attached hydrogens (primary N) is 1. The number of nitrogens with one attached hydrogen (secondary N) is 5. The molecule has 0 atom stereocenters. The second kappa shape index (κ2) is 30.1. The van der Waals surface area contributed by atoms with Crippen molar-refractivity contribution in [2.75, 3.05) is 70.7 Å². The molecular weight excluding hydrogens is 1400 g/mol. The number of thioether (sulfide) groups is 3. The summed E-state index contributed by atoms with van der Waals surface area (Å²) < 4.78 is 235. The molecule has 0 saturated heterocycles. The Hall–Kier alpha value is -9.08. The van der Waals surface area contributed by atoms with E-state index in [1.807, 2.05) is 6.92 Å². The van der Waals surface area contributed by atoms with Gasteiger partial charge >= 0.3 is 43.0 Å². The van der Waals surface area contributed by atoms with Crippen molar-refractivity contribution in [3.63, 3.8) is 0 Å². The zero-order valence-corrected chi connectivity index (χ0v) is 53.8. The zero-order chi connectivity index (χ0) is 72.8. The topological polar surface area (TPSA) is 250 Å². The molecule has 2 amide bonds. The van der Waals surface area contributed by atoms with Crippen LogP contribution in [0.25, 0.3) is 33.1 Å².